The fourth-order valence-corrected chi connectivity index (χ4v) is 1.85. The molecule has 2 nitrogen and oxygen atoms in total. The van der Waals surface area contributed by atoms with Crippen LogP contribution in [0.4, 0.5) is 5.69 Å². The third-order valence-electron chi connectivity index (χ3n) is 2.34. The van der Waals surface area contributed by atoms with E-state index in [2.05, 4.69) is 40.1 Å². The number of hydrogen-bond acceptors (Lipinski definition) is 2. The minimum absolute atomic E-state index is 0.915. The molecule has 1 unspecified atom stereocenters. The van der Waals surface area contributed by atoms with Gasteiger partial charge in [0, 0.05) is 24.8 Å². The van der Waals surface area contributed by atoms with Gasteiger partial charge >= 0.3 is 0 Å². The standard InChI is InChI=1S/C11H18NOP/c1-4-12(5-2)10-8-9(13-3)6-7-11(10)14/h6-8H,4-5,14H2,1-3H3. The second-order valence-electron chi connectivity index (χ2n) is 3.10. The van der Waals surface area contributed by atoms with E-state index in [1.807, 2.05) is 6.07 Å². The summed E-state index contributed by atoms with van der Waals surface area (Å²) in [6, 6.07) is 6.13. The average molecular weight is 211 g/mol. The van der Waals surface area contributed by atoms with Gasteiger partial charge in [0.25, 0.3) is 0 Å². The lowest BCUT2D eigenvalue weighted by Crippen LogP contribution is -2.25. The van der Waals surface area contributed by atoms with Crippen molar-refractivity contribution in [1.82, 2.24) is 0 Å². The first-order chi connectivity index (χ1) is 6.72. The van der Waals surface area contributed by atoms with Crippen molar-refractivity contribution in [3.8, 4) is 5.75 Å². The molecule has 0 amide bonds. The summed E-state index contributed by atoms with van der Waals surface area (Å²) in [7, 11) is 4.46. The maximum Gasteiger partial charge on any atom is 0.120 e. The van der Waals surface area contributed by atoms with E-state index in [0.29, 0.717) is 0 Å². The van der Waals surface area contributed by atoms with Gasteiger partial charge < -0.3 is 9.64 Å². The molecule has 0 aromatic heterocycles. The quantitative estimate of drug-likeness (QED) is 0.707. The fraction of sp³-hybridized carbons (Fsp3) is 0.455. The Bertz CT molecular complexity index is 297. The molecule has 1 atom stereocenters. The normalized spacial score (nSPS) is 10.0. The van der Waals surface area contributed by atoms with Crippen LogP contribution in [0, 0.1) is 0 Å². The Morgan fingerprint density at radius 2 is 1.93 bits per heavy atom. The second-order valence-corrected chi connectivity index (χ2v) is 3.72. The van der Waals surface area contributed by atoms with Crippen molar-refractivity contribution in [2.45, 2.75) is 13.8 Å². The van der Waals surface area contributed by atoms with Crippen molar-refractivity contribution in [3.05, 3.63) is 18.2 Å². The van der Waals surface area contributed by atoms with E-state index >= 15 is 0 Å². The summed E-state index contributed by atoms with van der Waals surface area (Å²) in [5.74, 6) is 0.915. The average Bonchev–Trinajstić information content (AvgIpc) is 2.22. The Morgan fingerprint density at radius 3 is 2.43 bits per heavy atom. The molecule has 0 aliphatic heterocycles. The minimum Gasteiger partial charge on any atom is -0.497 e. The van der Waals surface area contributed by atoms with Crippen molar-refractivity contribution in [3.63, 3.8) is 0 Å². The van der Waals surface area contributed by atoms with E-state index in [1.165, 1.54) is 11.0 Å². The van der Waals surface area contributed by atoms with E-state index in [-0.39, 0.29) is 0 Å². The fourth-order valence-electron chi connectivity index (χ4n) is 1.49. The predicted molar refractivity (Wildman–Crippen MR) is 65.9 cm³/mol. The van der Waals surface area contributed by atoms with Gasteiger partial charge in [-0.1, -0.05) is 0 Å². The van der Waals surface area contributed by atoms with Gasteiger partial charge in [-0.3, -0.25) is 0 Å². The van der Waals surface area contributed by atoms with E-state index in [9.17, 15) is 0 Å². The van der Waals surface area contributed by atoms with Crippen molar-refractivity contribution < 1.29 is 4.74 Å². The number of benzene rings is 1. The zero-order valence-electron chi connectivity index (χ0n) is 9.08. The van der Waals surface area contributed by atoms with Gasteiger partial charge in [-0.05, 0) is 31.3 Å². The van der Waals surface area contributed by atoms with Crippen LogP contribution in [0.2, 0.25) is 0 Å². The van der Waals surface area contributed by atoms with Crippen molar-refractivity contribution in [1.29, 1.82) is 0 Å². The van der Waals surface area contributed by atoms with Gasteiger partial charge in [0.1, 0.15) is 5.75 Å². The van der Waals surface area contributed by atoms with Crippen molar-refractivity contribution in [2.24, 2.45) is 0 Å². The highest BCUT2D eigenvalue weighted by Crippen LogP contribution is 2.20. The third-order valence-corrected chi connectivity index (χ3v) is 2.83. The molecular formula is C11H18NOP. The summed E-state index contributed by atoms with van der Waals surface area (Å²) < 4.78 is 5.21. The van der Waals surface area contributed by atoms with Gasteiger partial charge in [0.2, 0.25) is 0 Å². The van der Waals surface area contributed by atoms with Gasteiger partial charge in [0.05, 0.1) is 7.11 Å². The lowest BCUT2D eigenvalue weighted by Gasteiger charge is -2.23. The largest absolute Gasteiger partial charge is 0.497 e. The van der Waals surface area contributed by atoms with E-state index in [1.54, 1.807) is 7.11 Å². The number of methoxy groups -OCH3 is 1. The van der Waals surface area contributed by atoms with Gasteiger partial charge in [0.15, 0.2) is 0 Å². The molecule has 0 saturated heterocycles. The molecule has 0 saturated carbocycles. The molecule has 1 rings (SSSR count). The second kappa shape index (κ2) is 5.21. The summed E-state index contributed by atoms with van der Waals surface area (Å²) in [5, 5.41) is 1.22. The lowest BCUT2D eigenvalue weighted by atomic mass is 10.2. The first-order valence-corrected chi connectivity index (χ1v) is 5.49. The Balaban J connectivity index is 3.04. The van der Waals surface area contributed by atoms with Crippen LogP contribution in [0.5, 0.6) is 5.75 Å². The number of nitrogens with zero attached hydrogens (tertiary/aromatic N) is 1. The molecule has 1 aromatic rings. The lowest BCUT2D eigenvalue weighted by molar-refractivity contribution is 0.415. The Kier molecular flexibility index (Phi) is 4.21. The van der Waals surface area contributed by atoms with E-state index in [4.69, 9.17) is 4.74 Å². The highest BCUT2D eigenvalue weighted by Gasteiger charge is 2.06. The van der Waals surface area contributed by atoms with Crippen LogP contribution in [0.3, 0.4) is 0 Å². The monoisotopic (exact) mass is 211 g/mol. The minimum atomic E-state index is 0.915. The summed E-state index contributed by atoms with van der Waals surface area (Å²) >= 11 is 0. The Morgan fingerprint density at radius 1 is 1.29 bits per heavy atom. The maximum absolute atomic E-state index is 5.21. The van der Waals surface area contributed by atoms with Gasteiger partial charge in [-0.2, -0.15) is 0 Å². The van der Waals surface area contributed by atoms with Gasteiger partial charge in [-0.25, -0.2) is 0 Å². The van der Waals surface area contributed by atoms with Crippen LogP contribution in [0.15, 0.2) is 18.2 Å². The zero-order valence-corrected chi connectivity index (χ0v) is 10.2. The third kappa shape index (κ3) is 2.39. The summed E-state index contributed by atoms with van der Waals surface area (Å²) in [6.07, 6.45) is 0. The molecule has 0 aliphatic carbocycles. The van der Waals surface area contributed by atoms with Gasteiger partial charge in [-0.15, -0.1) is 9.24 Å². The summed E-state index contributed by atoms with van der Waals surface area (Å²) in [4.78, 5) is 2.31. The highest BCUT2D eigenvalue weighted by atomic mass is 31.0. The molecule has 0 fully saturated rings. The van der Waals surface area contributed by atoms with Crippen molar-refractivity contribution >= 4 is 20.2 Å². The van der Waals surface area contributed by atoms with E-state index in [0.717, 1.165) is 18.8 Å². The smallest absolute Gasteiger partial charge is 0.120 e. The molecule has 78 valence electrons. The summed E-state index contributed by atoms with van der Waals surface area (Å²) in [5.41, 5.74) is 1.24. The maximum atomic E-state index is 5.21. The highest BCUT2D eigenvalue weighted by molar-refractivity contribution is 7.28. The zero-order chi connectivity index (χ0) is 10.6. The van der Waals surface area contributed by atoms with Crippen LogP contribution in [-0.4, -0.2) is 20.2 Å². The molecule has 0 bridgehead atoms. The Hall–Kier alpha value is -0.750. The summed E-state index contributed by atoms with van der Waals surface area (Å²) in [6.45, 7) is 6.36. The molecule has 14 heavy (non-hydrogen) atoms. The van der Waals surface area contributed by atoms with Crippen LogP contribution in [0.1, 0.15) is 13.8 Å². The van der Waals surface area contributed by atoms with Crippen LogP contribution >= 0.6 is 9.24 Å². The number of ether oxygens (including phenoxy) is 1. The number of hydrogen-bond donors (Lipinski definition) is 0. The Labute approximate surface area is 88.5 Å². The topological polar surface area (TPSA) is 12.5 Å². The SMILES string of the molecule is CCN(CC)c1cc(OC)ccc1P. The number of anilines is 1. The van der Waals surface area contributed by atoms with Crippen LogP contribution in [-0.2, 0) is 0 Å². The molecular weight excluding hydrogens is 193 g/mol. The first kappa shape index (κ1) is 11.3. The number of rotatable bonds is 4. The van der Waals surface area contributed by atoms with Crippen LogP contribution in [0.25, 0.3) is 0 Å². The van der Waals surface area contributed by atoms with Crippen LogP contribution < -0.4 is 14.9 Å². The molecule has 3 heteroatoms. The molecule has 1 aromatic carbocycles. The molecule has 0 heterocycles. The predicted octanol–water partition coefficient (Wildman–Crippen LogP) is 2.04. The van der Waals surface area contributed by atoms with Crippen molar-refractivity contribution in [2.75, 3.05) is 25.1 Å². The first-order valence-electron chi connectivity index (χ1n) is 4.91. The molecule has 0 N–H and O–H groups in total. The van der Waals surface area contributed by atoms with E-state index < -0.39 is 0 Å². The molecule has 0 spiro atoms. The molecule has 0 aliphatic rings. The molecule has 0 radical (unpaired) electrons.